The molecule has 5 nitrogen and oxygen atoms in total. The molecule has 0 amide bonds. The number of nitrogens with zero attached hydrogens (tertiary/aromatic N) is 2. The predicted octanol–water partition coefficient (Wildman–Crippen LogP) is 2.46. The van der Waals surface area contributed by atoms with Gasteiger partial charge >= 0.3 is 0 Å². The Hall–Kier alpha value is -1.37. The van der Waals surface area contributed by atoms with Gasteiger partial charge in [-0.25, -0.2) is 4.98 Å². The van der Waals surface area contributed by atoms with Crippen LogP contribution in [0.3, 0.4) is 0 Å². The molecule has 1 aromatic carbocycles. The van der Waals surface area contributed by atoms with E-state index in [0.29, 0.717) is 13.2 Å². The summed E-state index contributed by atoms with van der Waals surface area (Å²) >= 11 is 3.55. The summed E-state index contributed by atoms with van der Waals surface area (Å²) in [6.07, 6.45) is 5.48. The van der Waals surface area contributed by atoms with E-state index in [1.807, 2.05) is 22.9 Å². The molecule has 0 unspecified atom stereocenters. The van der Waals surface area contributed by atoms with Crippen LogP contribution in [-0.4, -0.2) is 36.4 Å². The molecule has 0 aliphatic carbocycles. The Kier molecular flexibility index (Phi) is 6.72. The fraction of sp³-hybridized carbons (Fsp3) is 0.400. The predicted molar refractivity (Wildman–Crippen MR) is 85.4 cm³/mol. The smallest absolute Gasteiger partial charge is 0.138 e. The summed E-state index contributed by atoms with van der Waals surface area (Å²) in [6, 6.07) is 6.07. The van der Waals surface area contributed by atoms with E-state index in [2.05, 4.69) is 32.3 Å². The SMILES string of the molecule is COCCNCc1cccc(Br)c1OCCn1ccnc1. The van der Waals surface area contributed by atoms with E-state index in [1.165, 1.54) is 0 Å². The number of aromatic nitrogens is 2. The maximum Gasteiger partial charge on any atom is 0.138 e. The first kappa shape index (κ1) is 16.0. The van der Waals surface area contributed by atoms with E-state index >= 15 is 0 Å². The van der Waals surface area contributed by atoms with Gasteiger partial charge in [0.15, 0.2) is 0 Å². The van der Waals surface area contributed by atoms with E-state index in [9.17, 15) is 0 Å². The number of hydrogen-bond acceptors (Lipinski definition) is 4. The normalized spacial score (nSPS) is 10.8. The second-order valence-electron chi connectivity index (χ2n) is 4.55. The maximum absolute atomic E-state index is 5.93. The average Bonchev–Trinajstić information content (AvgIpc) is 2.99. The van der Waals surface area contributed by atoms with E-state index in [1.54, 1.807) is 19.6 Å². The number of halogens is 1. The van der Waals surface area contributed by atoms with Gasteiger partial charge in [0.05, 0.1) is 24.0 Å². The number of nitrogens with one attached hydrogen (secondary N) is 1. The van der Waals surface area contributed by atoms with Crippen molar-refractivity contribution in [1.29, 1.82) is 0 Å². The van der Waals surface area contributed by atoms with Crippen LogP contribution in [0.25, 0.3) is 0 Å². The summed E-state index contributed by atoms with van der Waals surface area (Å²) in [4.78, 5) is 4.02. The third-order valence-electron chi connectivity index (χ3n) is 3.00. The van der Waals surface area contributed by atoms with Gasteiger partial charge in [-0.3, -0.25) is 0 Å². The van der Waals surface area contributed by atoms with E-state index in [-0.39, 0.29) is 0 Å². The van der Waals surface area contributed by atoms with Crippen LogP contribution in [-0.2, 0) is 17.8 Å². The summed E-state index contributed by atoms with van der Waals surface area (Å²) < 4.78 is 13.9. The Bertz CT molecular complexity index is 532. The van der Waals surface area contributed by atoms with Crippen molar-refractivity contribution in [2.24, 2.45) is 0 Å². The topological polar surface area (TPSA) is 48.3 Å². The minimum atomic E-state index is 0.601. The molecule has 1 aromatic heterocycles. The molecule has 0 spiro atoms. The molecular weight excluding hydrogens is 334 g/mol. The number of methoxy groups -OCH3 is 1. The Labute approximate surface area is 133 Å². The van der Waals surface area contributed by atoms with Gasteiger partial charge in [0.2, 0.25) is 0 Å². The highest BCUT2D eigenvalue weighted by molar-refractivity contribution is 9.10. The first-order valence-electron chi connectivity index (χ1n) is 6.87. The second kappa shape index (κ2) is 8.81. The van der Waals surface area contributed by atoms with Gasteiger partial charge < -0.3 is 19.4 Å². The lowest BCUT2D eigenvalue weighted by Gasteiger charge is -2.14. The van der Waals surface area contributed by atoms with Crippen LogP contribution in [0.15, 0.2) is 41.4 Å². The largest absolute Gasteiger partial charge is 0.490 e. The number of para-hydroxylation sites is 1. The zero-order valence-electron chi connectivity index (χ0n) is 12.1. The van der Waals surface area contributed by atoms with Crippen molar-refractivity contribution in [3.8, 4) is 5.75 Å². The first-order chi connectivity index (χ1) is 10.3. The third-order valence-corrected chi connectivity index (χ3v) is 3.63. The third kappa shape index (κ3) is 5.15. The standard InChI is InChI=1S/C15H20BrN3O2/c1-20-9-6-17-11-13-3-2-4-14(16)15(13)21-10-8-19-7-5-18-12-19/h2-5,7,12,17H,6,8-11H2,1H3. The minimum absolute atomic E-state index is 0.601. The zero-order chi connectivity index (χ0) is 14.9. The van der Waals surface area contributed by atoms with Crippen LogP contribution < -0.4 is 10.1 Å². The lowest BCUT2D eigenvalue weighted by molar-refractivity contribution is 0.199. The Morgan fingerprint density at radius 1 is 1.33 bits per heavy atom. The van der Waals surface area contributed by atoms with Gasteiger partial charge in [0.1, 0.15) is 12.4 Å². The lowest BCUT2D eigenvalue weighted by atomic mass is 10.2. The Balaban J connectivity index is 1.90. The van der Waals surface area contributed by atoms with Gasteiger partial charge in [-0.15, -0.1) is 0 Å². The highest BCUT2D eigenvalue weighted by Crippen LogP contribution is 2.29. The van der Waals surface area contributed by atoms with Crippen molar-refractivity contribution in [3.05, 3.63) is 47.0 Å². The number of ether oxygens (including phenoxy) is 2. The zero-order valence-corrected chi connectivity index (χ0v) is 13.7. The summed E-state index contributed by atoms with van der Waals surface area (Å²) in [5.74, 6) is 0.891. The summed E-state index contributed by atoms with van der Waals surface area (Å²) in [5.41, 5.74) is 1.13. The van der Waals surface area contributed by atoms with Crippen LogP contribution in [0.1, 0.15) is 5.56 Å². The number of benzene rings is 1. The van der Waals surface area contributed by atoms with Crippen LogP contribution in [0.2, 0.25) is 0 Å². The fourth-order valence-electron chi connectivity index (χ4n) is 1.92. The van der Waals surface area contributed by atoms with Crippen molar-refractivity contribution in [3.63, 3.8) is 0 Å². The molecule has 6 heteroatoms. The molecule has 21 heavy (non-hydrogen) atoms. The molecule has 2 rings (SSSR count). The van der Waals surface area contributed by atoms with Gasteiger partial charge in [-0.2, -0.15) is 0 Å². The Morgan fingerprint density at radius 2 is 2.24 bits per heavy atom. The van der Waals surface area contributed by atoms with Gasteiger partial charge in [-0.05, 0) is 22.0 Å². The van der Waals surface area contributed by atoms with Gasteiger partial charge in [-0.1, -0.05) is 12.1 Å². The summed E-state index contributed by atoms with van der Waals surface area (Å²) in [5, 5.41) is 3.33. The number of imidazole rings is 1. The monoisotopic (exact) mass is 353 g/mol. The first-order valence-corrected chi connectivity index (χ1v) is 7.66. The lowest BCUT2D eigenvalue weighted by Crippen LogP contribution is -2.19. The molecular formula is C15H20BrN3O2. The second-order valence-corrected chi connectivity index (χ2v) is 5.40. The highest BCUT2D eigenvalue weighted by Gasteiger charge is 2.08. The molecule has 0 bridgehead atoms. The van der Waals surface area contributed by atoms with Gasteiger partial charge in [0, 0.05) is 38.2 Å². The van der Waals surface area contributed by atoms with E-state index in [4.69, 9.17) is 9.47 Å². The van der Waals surface area contributed by atoms with E-state index in [0.717, 1.165) is 35.4 Å². The average molecular weight is 354 g/mol. The quantitative estimate of drug-likeness (QED) is 0.703. The van der Waals surface area contributed by atoms with Crippen LogP contribution in [0, 0.1) is 0 Å². The van der Waals surface area contributed by atoms with Crippen LogP contribution in [0.5, 0.6) is 5.75 Å². The number of hydrogen-bond donors (Lipinski definition) is 1. The summed E-state index contributed by atoms with van der Waals surface area (Å²) in [6.45, 7) is 3.65. The fourth-order valence-corrected chi connectivity index (χ4v) is 2.45. The molecule has 0 aliphatic heterocycles. The van der Waals surface area contributed by atoms with Gasteiger partial charge in [0.25, 0.3) is 0 Å². The molecule has 0 saturated carbocycles. The van der Waals surface area contributed by atoms with Crippen molar-refractivity contribution in [1.82, 2.24) is 14.9 Å². The minimum Gasteiger partial charge on any atom is -0.490 e. The molecule has 1 N–H and O–H groups in total. The van der Waals surface area contributed by atoms with E-state index < -0.39 is 0 Å². The van der Waals surface area contributed by atoms with Crippen molar-refractivity contribution >= 4 is 15.9 Å². The molecule has 0 saturated heterocycles. The molecule has 1 heterocycles. The van der Waals surface area contributed by atoms with Crippen LogP contribution in [0.4, 0.5) is 0 Å². The molecule has 2 aromatic rings. The molecule has 114 valence electrons. The van der Waals surface area contributed by atoms with Crippen molar-refractivity contribution in [2.75, 3.05) is 26.9 Å². The molecule has 0 atom stereocenters. The molecule has 0 fully saturated rings. The molecule has 0 radical (unpaired) electrons. The maximum atomic E-state index is 5.93. The highest BCUT2D eigenvalue weighted by atomic mass is 79.9. The molecule has 0 aliphatic rings. The van der Waals surface area contributed by atoms with Crippen molar-refractivity contribution in [2.45, 2.75) is 13.1 Å². The van der Waals surface area contributed by atoms with Crippen molar-refractivity contribution < 1.29 is 9.47 Å². The number of rotatable bonds is 9. The van der Waals surface area contributed by atoms with Crippen LogP contribution >= 0.6 is 15.9 Å². The Morgan fingerprint density at radius 3 is 3.00 bits per heavy atom. The summed E-state index contributed by atoms with van der Waals surface area (Å²) in [7, 11) is 1.70.